The molecule has 0 aliphatic rings. The number of carbonyl (C=O) groups excluding carboxylic acids is 1. The number of aromatic nitrogens is 5. The van der Waals surface area contributed by atoms with Crippen molar-refractivity contribution in [3.05, 3.63) is 70.9 Å². The molecule has 1 amide bonds. The van der Waals surface area contributed by atoms with Crippen LogP contribution in [0.3, 0.4) is 0 Å². The molecule has 4 aromatic rings. The van der Waals surface area contributed by atoms with Gasteiger partial charge >= 0.3 is 0 Å². The van der Waals surface area contributed by atoms with Crippen molar-refractivity contribution in [3.8, 4) is 11.3 Å². The Balaban J connectivity index is 1.54. The maximum Gasteiger partial charge on any atom is 0.273 e. The van der Waals surface area contributed by atoms with Gasteiger partial charge in [0.25, 0.3) is 5.91 Å². The predicted octanol–water partition coefficient (Wildman–Crippen LogP) is 2.94. The van der Waals surface area contributed by atoms with Gasteiger partial charge in [-0.25, -0.2) is 13.8 Å². The van der Waals surface area contributed by atoms with Crippen molar-refractivity contribution < 1.29 is 18.1 Å². The van der Waals surface area contributed by atoms with Gasteiger partial charge in [-0.2, -0.15) is 9.47 Å². The lowest BCUT2D eigenvalue weighted by Crippen LogP contribution is -2.40. The van der Waals surface area contributed by atoms with Crippen LogP contribution in [0.15, 0.2) is 46.7 Å². The molecule has 4 rings (SSSR count). The van der Waals surface area contributed by atoms with Gasteiger partial charge in [-0.15, -0.1) is 0 Å². The monoisotopic (exact) mass is 430 g/mol. The van der Waals surface area contributed by atoms with Crippen LogP contribution in [0, 0.1) is 11.6 Å². The van der Waals surface area contributed by atoms with E-state index in [2.05, 4.69) is 24.9 Å². The SMILES string of the molecule is Cn1cc(C(C)(CNC(=O)c2cc(-c3ccc(F)cc3F)on2)c2ncsn2)cn1. The van der Waals surface area contributed by atoms with Crippen LogP contribution in [0.4, 0.5) is 8.78 Å². The third-order valence-electron chi connectivity index (χ3n) is 4.74. The van der Waals surface area contributed by atoms with Crippen molar-refractivity contribution >= 4 is 17.4 Å². The van der Waals surface area contributed by atoms with Crippen molar-refractivity contribution in [3.63, 3.8) is 0 Å². The summed E-state index contributed by atoms with van der Waals surface area (Å²) in [4.78, 5) is 16.9. The van der Waals surface area contributed by atoms with E-state index in [-0.39, 0.29) is 23.6 Å². The quantitative estimate of drug-likeness (QED) is 0.505. The van der Waals surface area contributed by atoms with E-state index in [1.165, 1.54) is 23.7 Å². The van der Waals surface area contributed by atoms with Crippen LogP contribution >= 0.6 is 11.5 Å². The van der Waals surface area contributed by atoms with E-state index in [1.54, 1.807) is 23.4 Å². The molecule has 0 fully saturated rings. The second-order valence-electron chi connectivity index (χ2n) is 6.87. The van der Waals surface area contributed by atoms with E-state index in [4.69, 9.17) is 4.52 Å². The van der Waals surface area contributed by atoms with Crippen molar-refractivity contribution in [2.24, 2.45) is 7.05 Å². The Morgan fingerprint density at radius 3 is 2.83 bits per heavy atom. The Kier molecular flexibility index (Phi) is 5.12. The summed E-state index contributed by atoms with van der Waals surface area (Å²) in [7, 11) is 1.79. The number of amides is 1. The molecular weight excluding hydrogens is 414 g/mol. The molecular formula is C19H16F2N6O2S. The van der Waals surface area contributed by atoms with Gasteiger partial charge in [0.1, 0.15) is 17.1 Å². The zero-order valence-electron chi connectivity index (χ0n) is 16.0. The fraction of sp³-hybridized carbons (Fsp3) is 0.211. The highest BCUT2D eigenvalue weighted by Crippen LogP contribution is 2.29. The fourth-order valence-corrected chi connectivity index (χ4v) is 3.52. The molecule has 1 unspecified atom stereocenters. The number of hydrogen-bond donors (Lipinski definition) is 1. The van der Waals surface area contributed by atoms with Crippen molar-refractivity contribution in [1.29, 1.82) is 0 Å². The maximum atomic E-state index is 13.9. The Labute approximate surface area is 173 Å². The van der Waals surface area contributed by atoms with E-state index in [0.29, 0.717) is 5.82 Å². The summed E-state index contributed by atoms with van der Waals surface area (Å²) < 4.78 is 38.1. The fourth-order valence-electron chi connectivity index (χ4n) is 2.98. The van der Waals surface area contributed by atoms with Gasteiger partial charge < -0.3 is 9.84 Å². The lowest BCUT2D eigenvalue weighted by atomic mass is 9.83. The van der Waals surface area contributed by atoms with Crippen LogP contribution in [0.25, 0.3) is 11.3 Å². The number of aryl methyl sites for hydroxylation is 1. The molecule has 1 atom stereocenters. The van der Waals surface area contributed by atoms with Gasteiger partial charge in [-0.3, -0.25) is 9.48 Å². The van der Waals surface area contributed by atoms with Crippen molar-refractivity contribution in [2.45, 2.75) is 12.3 Å². The standard InChI is InChI=1S/C19H16F2N6O2S/c1-19(18-23-10-30-26-18,11-7-24-27(2)8-11)9-22-17(28)15-6-16(29-25-15)13-4-3-12(20)5-14(13)21/h3-8,10H,9H2,1-2H3,(H,22,28). The van der Waals surface area contributed by atoms with Gasteiger partial charge in [0.05, 0.1) is 17.2 Å². The van der Waals surface area contributed by atoms with E-state index < -0.39 is 23.0 Å². The Morgan fingerprint density at radius 1 is 1.33 bits per heavy atom. The zero-order chi connectivity index (χ0) is 21.3. The molecule has 0 bridgehead atoms. The van der Waals surface area contributed by atoms with Crippen LogP contribution in [-0.2, 0) is 12.5 Å². The second-order valence-corrected chi connectivity index (χ2v) is 7.48. The summed E-state index contributed by atoms with van der Waals surface area (Å²) in [6.45, 7) is 2.07. The Hall–Kier alpha value is -3.47. The molecule has 1 N–H and O–H groups in total. The number of hydrogen-bond acceptors (Lipinski definition) is 7. The highest BCUT2D eigenvalue weighted by Gasteiger charge is 2.35. The summed E-state index contributed by atoms with van der Waals surface area (Å²) in [5.74, 6) is -1.46. The van der Waals surface area contributed by atoms with E-state index in [9.17, 15) is 13.6 Å². The Morgan fingerprint density at radius 2 is 2.17 bits per heavy atom. The molecule has 154 valence electrons. The average molecular weight is 430 g/mol. The minimum absolute atomic E-state index is 0.00909. The molecule has 8 nitrogen and oxygen atoms in total. The molecule has 1 aromatic carbocycles. The number of nitrogens with zero attached hydrogens (tertiary/aromatic N) is 5. The molecule has 3 heterocycles. The maximum absolute atomic E-state index is 13.9. The van der Waals surface area contributed by atoms with E-state index in [1.807, 2.05) is 13.1 Å². The Bertz CT molecular complexity index is 1190. The summed E-state index contributed by atoms with van der Waals surface area (Å²) in [6.07, 6.45) is 3.53. The molecule has 11 heteroatoms. The van der Waals surface area contributed by atoms with Crippen LogP contribution in [0.2, 0.25) is 0 Å². The van der Waals surface area contributed by atoms with Crippen LogP contribution < -0.4 is 5.32 Å². The average Bonchev–Trinajstić information content (AvgIpc) is 3.47. The van der Waals surface area contributed by atoms with Gasteiger partial charge in [-0.05, 0) is 30.6 Å². The highest BCUT2D eigenvalue weighted by molar-refractivity contribution is 7.03. The minimum atomic E-state index is -0.808. The molecule has 3 aromatic heterocycles. The first-order valence-corrected chi connectivity index (χ1v) is 9.67. The lowest BCUT2D eigenvalue weighted by molar-refractivity contribution is 0.0938. The molecule has 0 saturated carbocycles. The number of benzene rings is 1. The zero-order valence-corrected chi connectivity index (χ0v) is 16.8. The topological polar surface area (TPSA) is 98.7 Å². The van der Waals surface area contributed by atoms with Gasteiger partial charge in [0, 0.05) is 37.5 Å². The largest absolute Gasteiger partial charge is 0.355 e. The van der Waals surface area contributed by atoms with Crippen molar-refractivity contribution in [1.82, 2.24) is 29.6 Å². The normalized spacial score (nSPS) is 13.2. The van der Waals surface area contributed by atoms with Gasteiger partial charge in [0.2, 0.25) is 0 Å². The molecule has 0 saturated heterocycles. The third kappa shape index (κ3) is 3.71. The first-order valence-electron chi connectivity index (χ1n) is 8.83. The highest BCUT2D eigenvalue weighted by atomic mass is 32.1. The molecule has 0 aliphatic carbocycles. The lowest BCUT2D eigenvalue weighted by Gasteiger charge is -2.25. The van der Waals surface area contributed by atoms with E-state index in [0.717, 1.165) is 17.7 Å². The summed E-state index contributed by atoms with van der Waals surface area (Å²) in [5, 5.41) is 10.7. The van der Waals surface area contributed by atoms with E-state index >= 15 is 0 Å². The molecule has 0 aliphatic heterocycles. The second kappa shape index (κ2) is 7.75. The number of halogens is 2. The molecule has 30 heavy (non-hydrogen) atoms. The van der Waals surface area contributed by atoms with Gasteiger partial charge in [-0.1, -0.05) is 5.16 Å². The predicted molar refractivity (Wildman–Crippen MR) is 104 cm³/mol. The number of rotatable bonds is 6. The first-order chi connectivity index (χ1) is 14.4. The molecule has 0 radical (unpaired) electrons. The smallest absolute Gasteiger partial charge is 0.273 e. The first kappa shape index (κ1) is 19.8. The van der Waals surface area contributed by atoms with Crippen molar-refractivity contribution in [2.75, 3.05) is 6.54 Å². The van der Waals surface area contributed by atoms with Crippen LogP contribution in [0.5, 0.6) is 0 Å². The van der Waals surface area contributed by atoms with Crippen LogP contribution in [0.1, 0.15) is 28.8 Å². The number of nitrogens with one attached hydrogen (secondary N) is 1. The van der Waals surface area contributed by atoms with Crippen LogP contribution in [-0.4, -0.2) is 36.7 Å². The summed E-state index contributed by atoms with van der Waals surface area (Å²) in [5.41, 5.74) is 1.70. The third-order valence-corrected chi connectivity index (χ3v) is 5.22. The minimum Gasteiger partial charge on any atom is -0.355 e. The van der Waals surface area contributed by atoms with Gasteiger partial charge in [0.15, 0.2) is 17.3 Å². The molecule has 0 spiro atoms. The number of carbonyl (C=O) groups is 1. The summed E-state index contributed by atoms with van der Waals surface area (Å²) in [6, 6.07) is 4.35. The summed E-state index contributed by atoms with van der Waals surface area (Å²) >= 11 is 1.21.